The van der Waals surface area contributed by atoms with Gasteiger partial charge < -0.3 is 20.7 Å². The fraction of sp³-hybridized carbons (Fsp3) is 0.417. The van der Waals surface area contributed by atoms with Gasteiger partial charge in [-0.2, -0.15) is 0 Å². The van der Waals surface area contributed by atoms with Crippen molar-refractivity contribution < 1.29 is 9.53 Å². The first-order valence-corrected chi connectivity index (χ1v) is 10.8. The number of likely N-dealkylation sites (tertiary alicyclic amines) is 1. The molecule has 174 valence electrons. The van der Waals surface area contributed by atoms with Crippen LogP contribution >= 0.6 is 24.0 Å². The highest BCUT2D eigenvalue weighted by atomic mass is 127. The van der Waals surface area contributed by atoms with Gasteiger partial charge in [0.05, 0.1) is 6.54 Å². The molecule has 0 spiro atoms. The third-order valence-electron chi connectivity index (χ3n) is 5.43. The maximum absolute atomic E-state index is 11.6. The number of nitrogens with one attached hydrogen (secondary N) is 3. The minimum atomic E-state index is 0. The predicted molar refractivity (Wildman–Crippen MR) is 140 cm³/mol. The van der Waals surface area contributed by atoms with Gasteiger partial charge in [0.1, 0.15) is 11.5 Å². The lowest BCUT2D eigenvalue weighted by Gasteiger charge is -2.32. The number of para-hydroxylation sites is 1. The van der Waals surface area contributed by atoms with Crippen LogP contribution in [0.2, 0.25) is 0 Å². The van der Waals surface area contributed by atoms with E-state index in [-0.39, 0.29) is 29.9 Å². The first-order chi connectivity index (χ1) is 15.1. The van der Waals surface area contributed by atoms with Gasteiger partial charge in [-0.15, -0.1) is 24.0 Å². The van der Waals surface area contributed by atoms with Crippen molar-refractivity contribution in [3.8, 4) is 11.5 Å². The predicted octanol–water partition coefficient (Wildman–Crippen LogP) is 3.28. The van der Waals surface area contributed by atoms with E-state index >= 15 is 0 Å². The monoisotopic (exact) mass is 551 g/mol. The Bertz CT molecular complexity index is 897. The Morgan fingerprint density at radius 2 is 1.91 bits per heavy atom. The third-order valence-corrected chi connectivity index (χ3v) is 5.43. The summed E-state index contributed by atoms with van der Waals surface area (Å²) in [6.07, 6.45) is 1.95. The molecule has 3 N–H and O–H groups in total. The Morgan fingerprint density at radius 1 is 1.16 bits per heavy atom. The Morgan fingerprint density at radius 3 is 2.59 bits per heavy atom. The van der Waals surface area contributed by atoms with E-state index in [9.17, 15) is 4.79 Å². The summed E-state index contributed by atoms with van der Waals surface area (Å²) in [4.78, 5) is 18.1. The Labute approximate surface area is 208 Å². The first-order valence-electron chi connectivity index (χ1n) is 10.8. The van der Waals surface area contributed by atoms with E-state index in [0.717, 1.165) is 49.0 Å². The number of nitrogens with zero attached hydrogens (tertiary/aromatic N) is 2. The molecule has 0 bridgehead atoms. The second-order valence-electron chi connectivity index (χ2n) is 7.82. The molecular weight excluding hydrogens is 517 g/mol. The Hall–Kier alpha value is -2.33. The molecule has 1 heterocycles. The lowest BCUT2D eigenvalue weighted by atomic mass is 10.1. The number of hydrogen-bond acceptors (Lipinski definition) is 4. The lowest BCUT2D eigenvalue weighted by Crippen LogP contribution is -2.49. The van der Waals surface area contributed by atoms with Gasteiger partial charge in [-0.05, 0) is 43.5 Å². The van der Waals surface area contributed by atoms with Crippen LogP contribution in [0.5, 0.6) is 11.5 Å². The molecule has 1 fully saturated rings. The summed E-state index contributed by atoms with van der Waals surface area (Å²) in [5, 5.41) is 9.60. The third kappa shape index (κ3) is 7.98. The second kappa shape index (κ2) is 13.3. The van der Waals surface area contributed by atoms with Gasteiger partial charge in [0.25, 0.3) is 0 Å². The fourth-order valence-electron chi connectivity index (χ4n) is 3.64. The molecule has 1 saturated heterocycles. The molecule has 0 saturated carbocycles. The van der Waals surface area contributed by atoms with Gasteiger partial charge in [0, 0.05) is 45.3 Å². The smallest absolute Gasteiger partial charge is 0.233 e. The van der Waals surface area contributed by atoms with E-state index in [1.807, 2.05) is 36.4 Å². The van der Waals surface area contributed by atoms with Crippen LogP contribution < -0.4 is 20.7 Å². The first kappa shape index (κ1) is 25.9. The van der Waals surface area contributed by atoms with Crippen molar-refractivity contribution in [2.45, 2.75) is 32.4 Å². The summed E-state index contributed by atoms with van der Waals surface area (Å²) in [6.45, 7) is 4.93. The fourth-order valence-corrected chi connectivity index (χ4v) is 3.64. The van der Waals surface area contributed by atoms with Crippen LogP contribution in [-0.2, 0) is 11.3 Å². The van der Waals surface area contributed by atoms with Gasteiger partial charge in [0.2, 0.25) is 5.91 Å². The van der Waals surface area contributed by atoms with E-state index < -0.39 is 0 Å². The zero-order valence-electron chi connectivity index (χ0n) is 19.1. The van der Waals surface area contributed by atoms with Gasteiger partial charge in [-0.3, -0.25) is 14.7 Å². The number of carbonyl (C=O) groups is 1. The number of amides is 1. The zero-order chi connectivity index (χ0) is 22.1. The molecule has 8 heteroatoms. The molecule has 0 aliphatic carbocycles. The number of halogens is 1. The highest BCUT2D eigenvalue weighted by molar-refractivity contribution is 14.0. The van der Waals surface area contributed by atoms with E-state index in [0.29, 0.717) is 19.1 Å². The van der Waals surface area contributed by atoms with Crippen molar-refractivity contribution >= 4 is 35.8 Å². The SMILES string of the molecule is CN=C(NCc1ccccc1Oc1cccc(C)c1)NC1CCN(CC(=O)NC)CC1.I. The summed E-state index contributed by atoms with van der Waals surface area (Å²) in [5.74, 6) is 2.50. The average molecular weight is 551 g/mol. The minimum Gasteiger partial charge on any atom is -0.457 e. The number of piperidine rings is 1. The normalized spacial score (nSPS) is 14.9. The number of likely N-dealkylation sites (N-methyl/N-ethyl adjacent to an activating group) is 1. The number of carbonyl (C=O) groups excluding carboxylic acids is 1. The van der Waals surface area contributed by atoms with Crippen molar-refractivity contribution in [3.63, 3.8) is 0 Å². The molecule has 32 heavy (non-hydrogen) atoms. The van der Waals surface area contributed by atoms with Crippen LogP contribution in [0.4, 0.5) is 0 Å². The van der Waals surface area contributed by atoms with Crippen LogP contribution in [0.25, 0.3) is 0 Å². The molecular formula is C24H34IN5O2. The number of aryl methyl sites for hydroxylation is 1. The molecule has 3 rings (SSSR count). The van der Waals surface area contributed by atoms with Crippen molar-refractivity contribution in [3.05, 3.63) is 59.7 Å². The summed E-state index contributed by atoms with van der Waals surface area (Å²) in [6, 6.07) is 16.4. The summed E-state index contributed by atoms with van der Waals surface area (Å²) >= 11 is 0. The maximum Gasteiger partial charge on any atom is 0.233 e. The van der Waals surface area contributed by atoms with E-state index in [2.05, 4.69) is 44.9 Å². The number of guanidine groups is 1. The van der Waals surface area contributed by atoms with Gasteiger partial charge in [-0.25, -0.2) is 0 Å². The van der Waals surface area contributed by atoms with Crippen molar-refractivity contribution in [1.29, 1.82) is 0 Å². The molecule has 1 aliphatic heterocycles. The van der Waals surface area contributed by atoms with Crippen LogP contribution in [0.15, 0.2) is 53.5 Å². The number of ether oxygens (including phenoxy) is 1. The van der Waals surface area contributed by atoms with Crippen LogP contribution in [-0.4, -0.2) is 56.5 Å². The van der Waals surface area contributed by atoms with Gasteiger partial charge >= 0.3 is 0 Å². The molecule has 0 atom stereocenters. The Balaban J connectivity index is 0.00000363. The van der Waals surface area contributed by atoms with Crippen molar-refractivity contribution in [2.75, 3.05) is 33.7 Å². The highest BCUT2D eigenvalue weighted by Crippen LogP contribution is 2.25. The van der Waals surface area contributed by atoms with Crippen molar-refractivity contribution in [2.24, 2.45) is 4.99 Å². The lowest BCUT2D eigenvalue weighted by molar-refractivity contribution is -0.122. The quantitative estimate of drug-likeness (QED) is 0.280. The summed E-state index contributed by atoms with van der Waals surface area (Å²) < 4.78 is 6.12. The van der Waals surface area contributed by atoms with Gasteiger partial charge in [-0.1, -0.05) is 30.3 Å². The largest absolute Gasteiger partial charge is 0.457 e. The Kier molecular flexibility index (Phi) is 10.8. The summed E-state index contributed by atoms with van der Waals surface area (Å²) in [5.41, 5.74) is 2.23. The van der Waals surface area contributed by atoms with E-state index in [4.69, 9.17) is 4.74 Å². The molecule has 0 unspecified atom stereocenters. The second-order valence-corrected chi connectivity index (χ2v) is 7.82. The zero-order valence-corrected chi connectivity index (χ0v) is 21.4. The maximum atomic E-state index is 11.6. The van der Waals surface area contributed by atoms with Gasteiger partial charge in [0.15, 0.2) is 5.96 Å². The molecule has 2 aromatic rings. The van der Waals surface area contributed by atoms with Crippen LogP contribution in [0, 0.1) is 6.92 Å². The minimum absolute atomic E-state index is 0. The standard InChI is InChI=1S/C24H33N5O2.HI/c1-18-7-6-9-21(15-18)31-22-10-5-4-8-19(22)16-27-24(26-3)28-20-11-13-29(14-12-20)17-23(30)25-2;/h4-10,15,20H,11-14,16-17H2,1-3H3,(H,25,30)(H2,26,27,28);1H. The number of aliphatic imine (C=N–C) groups is 1. The number of hydrogen-bond donors (Lipinski definition) is 3. The highest BCUT2D eigenvalue weighted by Gasteiger charge is 2.21. The molecule has 0 aromatic heterocycles. The van der Waals surface area contributed by atoms with Crippen molar-refractivity contribution in [1.82, 2.24) is 20.9 Å². The molecule has 1 amide bonds. The molecule has 0 radical (unpaired) electrons. The molecule has 7 nitrogen and oxygen atoms in total. The van der Waals surface area contributed by atoms with E-state index in [1.165, 1.54) is 5.56 Å². The van der Waals surface area contributed by atoms with Crippen LogP contribution in [0.1, 0.15) is 24.0 Å². The topological polar surface area (TPSA) is 78.0 Å². The molecule has 1 aliphatic rings. The summed E-state index contributed by atoms with van der Waals surface area (Å²) in [7, 11) is 3.46. The average Bonchev–Trinajstić information content (AvgIpc) is 2.78. The molecule has 2 aromatic carbocycles. The van der Waals surface area contributed by atoms with Crippen LogP contribution in [0.3, 0.4) is 0 Å². The van der Waals surface area contributed by atoms with E-state index in [1.54, 1.807) is 14.1 Å². The number of benzene rings is 2. The number of rotatable bonds is 7.